The molecule has 0 saturated heterocycles. The molecule has 6 aromatic rings. The number of rotatable bonds is 1. The van der Waals surface area contributed by atoms with Gasteiger partial charge in [-0.3, -0.25) is 0 Å². The van der Waals surface area contributed by atoms with Gasteiger partial charge in [-0.25, -0.2) is 0 Å². The van der Waals surface area contributed by atoms with E-state index in [-0.39, 0.29) is 0 Å². The molecule has 0 spiro atoms. The number of hydrogen-bond acceptors (Lipinski definition) is 1. The van der Waals surface area contributed by atoms with Gasteiger partial charge in [-0.1, -0.05) is 58.4 Å². The van der Waals surface area contributed by atoms with Crippen molar-refractivity contribution in [1.82, 2.24) is 4.57 Å². The van der Waals surface area contributed by atoms with Crippen molar-refractivity contribution in [2.45, 2.75) is 0 Å². The van der Waals surface area contributed by atoms with E-state index in [0.29, 0.717) is 0 Å². The van der Waals surface area contributed by atoms with Crippen molar-refractivity contribution in [2.75, 3.05) is 0 Å². The Balaban J connectivity index is 1.86. The lowest BCUT2D eigenvalue weighted by atomic mass is 10.1. The van der Waals surface area contributed by atoms with Crippen LogP contribution in [0.15, 0.2) is 93.8 Å². The number of para-hydroxylation sites is 2. The number of furan rings is 1. The molecule has 0 bridgehead atoms. The number of halogens is 1. The first-order valence-corrected chi connectivity index (χ1v) is 9.70. The van der Waals surface area contributed by atoms with Crippen LogP contribution in [-0.4, -0.2) is 4.57 Å². The summed E-state index contributed by atoms with van der Waals surface area (Å²) in [5.74, 6) is 0. The zero-order valence-corrected chi connectivity index (χ0v) is 15.9. The predicted molar refractivity (Wildman–Crippen MR) is 116 cm³/mol. The Bertz CT molecular complexity index is 1440. The van der Waals surface area contributed by atoms with Crippen LogP contribution < -0.4 is 0 Å². The minimum Gasteiger partial charge on any atom is -0.456 e. The van der Waals surface area contributed by atoms with E-state index in [9.17, 15) is 0 Å². The average Bonchev–Trinajstić information content (AvgIpc) is 3.23. The summed E-state index contributed by atoms with van der Waals surface area (Å²) < 4.78 is 9.54. The molecule has 3 heteroatoms. The number of nitrogens with zero attached hydrogens (tertiary/aromatic N) is 1. The van der Waals surface area contributed by atoms with Crippen LogP contribution in [0.1, 0.15) is 0 Å². The molecule has 2 heterocycles. The van der Waals surface area contributed by atoms with E-state index >= 15 is 0 Å². The highest BCUT2D eigenvalue weighted by Gasteiger charge is 2.17. The Morgan fingerprint density at radius 2 is 1.33 bits per heavy atom. The Labute approximate surface area is 163 Å². The summed E-state index contributed by atoms with van der Waals surface area (Å²) >= 11 is 3.61. The average molecular weight is 412 g/mol. The van der Waals surface area contributed by atoms with Gasteiger partial charge in [0, 0.05) is 20.6 Å². The number of benzene rings is 4. The third-order valence-electron chi connectivity index (χ3n) is 5.26. The van der Waals surface area contributed by atoms with Crippen LogP contribution in [0.2, 0.25) is 0 Å². The molecule has 0 amide bonds. The Morgan fingerprint density at radius 1 is 0.630 bits per heavy atom. The van der Waals surface area contributed by atoms with Crippen LogP contribution in [0.25, 0.3) is 49.4 Å². The molecular formula is C24H14BrNO. The summed E-state index contributed by atoms with van der Waals surface area (Å²) in [5, 5.41) is 4.79. The lowest BCUT2D eigenvalue weighted by Gasteiger charge is -2.09. The monoisotopic (exact) mass is 411 g/mol. The summed E-state index contributed by atoms with van der Waals surface area (Å²) in [5.41, 5.74) is 5.36. The van der Waals surface area contributed by atoms with Crippen LogP contribution in [0.4, 0.5) is 0 Å². The summed E-state index contributed by atoms with van der Waals surface area (Å²) in [6.07, 6.45) is 0. The van der Waals surface area contributed by atoms with Crippen LogP contribution >= 0.6 is 15.9 Å². The van der Waals surface area contributed by atoms with Crippen molar-refractivity contribution in [3.05, 3.63) is 89.4 Å². The van der Waals surface area contributed by atoms with E-state index < -0.39 is 0 Å². The normalized spacial score (nSPS) is 11.9. The van der Waals surface area contributed by atoms with Gasteiger partial charge in [-0.05, 0) is 42.5 Å². The Kier molecular flexibility index (Phi) is 3.06. The molecule has 0 aliphatic rings. The third-order valence-corrected chi connectivity index (χ3v) is 5.75. The van der Waals surface area contributed by atoms with Crippen molar-refractivity contribution < 1.29 is 4.42 Å². The minimum absolute atomic E-state index is 0.904. The van der Waals surface area contributed by atoms with Gasteiger partial charge in [0.2, 0.25) is 0 Å². The fourth-order valence-corrected chi connectivity index (χ4v) is 4.51. The van der Waals surface area contributed by atoms with Crippen molar-refractivity contribution in [1.29, 1.82) is 0 Å². The van der Waals surface area contributed by atoms with Crippen LogP contribution in [0.5, 0.6) is 0 Å². The van der Waals surface area contributed by atoms with Gasteiger partial charge >= 0.3 is 0 Å². The van der Waals surface area contributed by atoms with Gasteiger partial charge in [0.1, 0.15) is 11.2 Å². The number of hydrogen-bond donors (Lipinski definition) is 0. The number of aromatic nitrogens is 1. The maximum Gasteiger partial charge on any atom is 0.137 e. The second-order valence-electron chi connectivity index (χ2n) is 6.76. The molecule has 0 unspecified atom stereocenters. The van der Waals surface area contributed by atoms with E-state index in [0.717, 1.165) is 32.1 Å². The molecule has 0 N–H and O–H groups in total. The fourth-order valence-electron chi connectivity index (χ4n) is 4.15. The molecule has 128 valence electrons. The first-order valence-electron chi connectivity index (χ1n) is 8.90. The van der Waals surface area contributed by atoms with Crippen molar-refractivity contribution in [3.8, 4) is 5.69 Å². The molecule has 6 rings (SSSR count). The van der Waals surface area contributed by atoms with E-state index in [1.54, 1.807) is 0 Å². The zero-order chi connectivity index (χ0) is 18.0. The molecular weight excluding hydrogens is 398 g/mol. The maximum absolute atomic E-state index is 6.14. The van der Waals surface area contributed by atoms with Gasteiger partial charge in [-0.15, -0.1) is 0 Å². The topological polar surface area (TPSA) is 18.1 Å². The van der Waals surface area contributed by atoms with E-state index in [2.05, 4.69) is 87.2 Å². The summed E-state index contributed by atoms with van der Waals surface area (Å²) in [6.45, 7) is 0. The van der Waals surface area contributed by atoms with Crippen LogP contribution in [0, 0.1) is 0 Å². The van der Waals surface area contributed by atoms with Crippen LogP contribution in [-0.2, 0) is 0 Å². The van der Waals surface area contributed by atoms with Crippen molar-refractivity contribution >= 4 is 59.7 Å². The van der Waals surface area contributed by atoms with Crippen molar-refractivity contribution in [3.63, 3.8) is 0 Å². The van der Waals surface area contributed by atoms with E-state index in [1.807, 2.05) is 18.2 Å². The molecule has 0 radical (unpaired) electrons. The molecule has 0 atom stereocenters. The summed E-state index contributed by atoms with van der Waals surface area (Å²) in [6, 6.07) is 29.6. The molecule has 0 aliphatic carbocycles. The predicted octanol–water partition coefficient (Wildman–Crippen LogP) is 7.45. The minimum atomic E-state index is 0.904. The molecule has 2 aromatic heterocycles. The largest absolute Gasteiger partial charge is 0.456 e. The Morgan fingerprint density at radius 3 is 2.07 bits per heavy atom. The fraction of sp³-hybridized carbons (Fsp3) is 0. The Hall–Kier alpha value is -3.04. The van der Waals surface area contributed by atoms with E-state index in [4.69, 9.17) is 4.42 Å². The highest BCUT2D eigenvalue weighted by atomic mass is 79.9. The first-order chi connectivity index (χ1) is 13.3. The van der Waals surface area contributed by atoms with E-state index in [1.165, 1.54) is 21.8 Å². The zero-order valence-electron chi connectivity index (χ0n) is 14.3. The number of fused-ring (bicyclic) bond motifs is 6. The molecule has 4 aromatic carbocycles. The highest BCUT2D eigenvalue weighted by Crippen LogP contribution is 2.38. The van der Waals surface area contributed by atoms with Gasteiger partial charge < -0.3 is 8.98 Å². The van der Waals surface area contributed by atoms with Gasteiger partial charge in [-0.2, -0.15) is 0 Å². The van der Waals surface area contributed by atoms with Gasteiger partial charge in [0.05, 0.1) is 22.1 Å². The standard InChI is InChI=1S/C24H14BrNO/c25-15-12-13-22-18(14-15)24-21(10-5-11-23(24)27-22)26-19-8-3-1-6-16(19)17-7-2-4-9-20(17)26/h1-14H. The van der Waals surface area contributed by atoms with Gasteiger partial charge in [0.25, 0.3) is 0 Å². The lowest BCUT2D eigenvalue weighted by Crippen LogP contribution is -1.94. The maximum atomic E-state index is 6.14. The molecule has 2 nitrogen and oxygen atoms in total. The SMILES string of the molecule is Brc1ccc2oc3cccc(-n4c5ccccc5c5ccccc54)c3c2c1. The second-order valence-corrected chi connectivity index (χ2v) is 7.68. The first kappa shape index (κ1) is 15.1. The van der Waals surface area contributed by atoms with Crippen LogP contribution in [0.3, 0.4) is 0 Å². The highest BCUT2D eigenvalue weighted by molar-refractivity contribution is 9.10. The lowest BCUT2D eigenvalue weighted by molar-refractivity contribution is 0.669. The third kappa shape index (κ3) is 2.06. The van der Waals surface area contributed by atoms with Gasteiger partial charge in [0.15, 0.2) is 0 Å². The smallest absolute Gasteiger partial charge is 0.137 e. The molecule has 0 saturated carbocycles. The second kappa shape index (κ2) is 5.48. The molecule has 0 aliphatic heterocycles. The molecule has 0 fully saturated rings. The quantitative estimate of drug-likeness (QED) is 0.274. The summed E-state index contributed by atoms with van der Waals surface area (Å²) in [4.78, 5) is 0. The summed E-state index contributed by atoms with van der Waals surface area (Å²) in [7, 11) is 0. The van der Waals surface area contributed by atoms with Crippen molar-refractivity contribution in [2.24, 2.45) is 0 Å². The molecule has 27 heavy (non-hydrogen) atoms.